The van der Waals surface area contributed by atoms with Gasteiger partial charge in [-0.25, -0.2) is 0 Å². The standard InChI is InChI=1S/C12H26O2Si/c1-5-9-10-12(13)11-14-15(6-2,7-3)8-4/h5-11H2,1-4H3. The zero-order chi connectivity index (χ0) is 11.7. The fraction of sp³-hybridized carbons (Fsp3) is 0.917. The van der Waals surface area contributed by atoms with Gasteiger partial charge in [0.05, 0.1) is 6.61 Å². The topological polar surface area (TPSA) is 26.3 Å². The fourth-order valence-corrected chi connectivity index (χ4v) is 4.32. The summed E-state index contributed by atoms with van der Waals surface area (Å²) in [5, 5.41) is 0. The average molecular weight is 230 g/mol. The first-order valence-electron chi connectivity index (χ1n) is 6.29. The maximum Gasteiger partial charge on any atom is 0.192 e. The van der Waals surface area contributed by atoms with E-state index >= 15 is 0 Å². The van der Waals surface area contributed by atoms with E-state index in [-0.39, 0.29) is 5.78 Å². The number of hydrogen-bond donors (Lipinski definition) is 0. The van der Waals surface area contributed by atoms with E-state index in [1.807, 2.05) is 0 Å². The monoisotopic (exact) mass is 230 g/mol. The quantitative estimate of drug-likeness (QED) is 0.564. The molecule has 0 aliphatic carbocycles. The molecule has 0 bridgehead atoms. The molecule has 0 unspecified atom stereocenters. The Balaban J connectivity index is 3.93. The average Bonchev–Trinajstić information content (AvgIpc) is 2.29. The lowest BCUT2D eigenvalue weighted by atomic mass is 10.2. The Morgan fingerprint density at radius 3 is 2.00 bits per heavy atom. The third-order valence-electron chi connectivity index (χ3n) is 3.28. The molecule has 0 amide bonds. The summed E-state index contributed by atoms with van der Waals surface area (Å²) < 4.78 is 5.93. The largest absolute Gasteiger partial charge is 0.410 e. The Kier molecular flexibility index (Phi) is 7.97. The van der Waals surface area contributed by atoms with Gasteiger partial charge >= 0.3 is 0 Å². The predicted molar refractivity (Wildman–Crippen MR) is 67.7 cm³/mol. The summed E-state index contributed by atoms with van der Waals surface area (Å²) in [6, 6.07) is 3.38. The molecule has 0 rings (SSSR count). The molecule has 0 saturated carbocycles. The van der Waals surface area contributed by atoms with Gasteiger partial charge in [-0.1, -0.05) is 34.1 Å². The molecule has 90 valence electrons. The smallest absolute Gasteiger partial charge is 0.192 e. The molecule has 3 heteroatoms. The summed E-state index contributed by atoms with van der Waals surface area (Å²) in [4.78, 5) is 11.5. The molecule has 0 atom stereocenters. The van der Waals surface area contributed by atoms with Crippen molar-refractivity contribution in [2.75, 3.05) is 6.61 Å². The molecule has 15 heavy (non-hydrogen) atoms. The van der Waals surface area contributed by atoms with E-state index in [1.165, 1.54) is 0 Å². The van der Waals surface area contributed by atoms with Gasteiger partial charge in [-0.3, -0.25) is 4.79 Å². The summed E-state index contributed by atoms with van der Waals surface area (Å²) in [7, 11) is -1.54. The molecule has 0 fully saturated rings. The van der Waals surface area contributed by atoms with Crippen molar-refractivity contribution < 1.29 is 9.22 Å². The van der Waals surface area contributed by atoms with E-state index < -0.39 is 8.32 Å². The minimum absolute atomic E-state index is 0.282. The normalized spacial score (nSPS) is 11.7. The van der Waals surface area contributed by atoms with Gasteiger partial charge in [-0.05, 0) is 24.6 Å². The molecule has 0 aromatic heterocycles. The zero-order valence-corrected chi connectivity index (χ0v) is 11.8. The van der Waals surface area contributed by atoms with E-state index in [4.69, 9.17) is 4.43 Å². The van der Waals surface area contributed by atoms with Gasteiger partial charge in [0.1, 0.15) is 0 Å². The van der Waals surface area contributed by atoms with Gasteiger partial charge in [0, 0.05) is 6.42 Å². The van der Waals surface area contributed by atoms with Gasteiger partial charge in [0.2, 0.25) is 0 Å². The van der Waals surface area contributed by atoms with Crippen LogP contribution in [-0.4, -0.2) is 20.7 Å². The Labute approximate surface area is 95.5 Å². The highest BCUT2D eigenvalue weighted by atomic mass is 28.4. The van der Waals surface area contributed by atoms with Crippen LogP contribution in [0.5, 0.6) is 0 Å². The first-order chi connectivity index (χ1) is 7.14. The third-order valence-corrected chi connectivity index (χ3v) is 7.90. The Bertz CT molecular complexity index is 168. The van der Waals surface area contributed by atoms with Gasteiger partial charge in [-0.2, -0.15) is 0 Å². The third kappa shape index (κ3) is 5.47. The molecule has 0 saturated heterocycles. The van der Waals surface area contributed by atoms with Crippen LogP contribution in [0.3, 0.4) is 0 Å². The maximum absolute atomic E-state index is 11.5. The highest BCUT2D eigenvalue weighted by molar-refractivity contribution is 6.73. The predicted octanol–water partition coefficient (Wildman–Crippen LogP) is 3.77. The summed E-state index contributed by atoms with van der Waals surface area (Å²) in [6.07, 6.45) is 2.78. The van der Waals surface area contributed by atoms with Crippen molar-refractivity contribution in [2.24, 2.45) is 0 Å². The van der Waals surface area contributed by atoms with Crippen molar-refractivity contribution in [1.29, 1.82) is 0 Å². The van der Waals surface area contributed by atoms with Gasteiger partial charge in [0.25, 0.3) is 0 Å². The lowest BCUT2D eigenvalue weighted by molar-refractivity contribution is -0.121. The Morgan fingerprint density at radius 1 is 1.07 bits per heavy atom. The van der Waals surface area contributed by atoms with Crippen LogP contribution in [0.1, 0.15) is 47.0 Å². The minimum Gasteiger partial charge on any atom is -0.410 e. The number of rotatable bonds is 9. The minimum atomic E-state index is -1.54. The number of hydrogen-bond acceptors (Lipinski definition) is 2. The first-order valence-corrected chi connectivity index (χ1v) is 8.82. The van der Waals surface area contributed by atoms with E-state index in [9.17, 15) is 4.79 Å². The maximum atomic E-state index is 11.5. The van der Waals surface area contributed by atoms with Crippen LogP contribution >= 0.6 is 0 Å². The van der Waals surface area contributed by atoms with Crippen LogP contribution in [0.25, 0.3) is 0 Å². The van der Waals surface area contributed by atoms with Crippen molar-refractivity contribution >= 4 is 14.1 Å². The molecule has 0 aromatic rings. The van der Waals surface area contributed by atoms with Crippen LogP contribution in [0, 0.1) is 0 Å². The fourth-order valence-electron chi connectivity index (χ4n) is 1.74. The molecule has 0 radical (unpaired) electrons. The molecule has 0 aliphatic rings. The second-order valence-electron chi connectivity index (χ2n) is 4.17. The molecule has 2 nitrogen and oxygen atoms in total. The lowest BCUT2D eigenvalue weighted by Gasteiger charge is -2.27. The second kappa shape index (κ2) is 8.05. The molecular weight excluding hydrogens is 204 g/mol. The van der Waals surface area contributed by atoms with Crippen molar-refractivity contribution in [3.05, 3.63) is 0 Å². The highest BCUT2D eigenvalue weighted by Crippen LogP contribution is 2.21. The molecule has 0 N–H and O–H groups in total. The molecule has 0 heterocycles. The van der Waals surface area contributed by atoms with E-state index in [1.54, 1.807) is 0 Å². The molecule has 0 aliphatic heterocycles. The first kappa shape index (κ1) is 14.8. The number of ketones is 1. The summed E-state index contributed by atoms with van der Waals surface area (Å²) in [5.74, 6) is 0.282. The summed E-state index contributed by atoms with van der Waals surface area (Å²) in [5.41, 5.74) is 0. The van der Waals surface area contributed by atoms with E-state index in [2.05, 4.69) is 27.7 Å². The summed E-state index contributed by atoms with van der Waals surface area (Å²) >= 11 is 0. The van der Waals surface area contributed by atoms with Crippen molar-refractivity contribution in [1.82, 2.24) is 0 Å². The van der Waals surface area contributed by atoms with Crippen molar-refractivity contribution in [2.45, 2.75) is 65.1 Å². The lowest BCUT2D eigenvalue weighted by Crippen LogP contribution is -2.37. The SMILES string of the molecule is CCCCC(=O)CO[Si](CC)(CC)CC. The number of unbranched alkanes of at least 4 members (excludes halogenated alkanes) is 1. The van der Waals surface area contributed by atoms with E-state index in [0.717, 1.165) is 31.0 Å². The number of Topliss-reactive ketones (excluding diaryl/α,β-unsaturated/α-hetero) is 1. The Hall–Kier alpha value is -0.153. The Morgan fingerprint density at radius 2 is 1.60 bits per heavy atom. The van der Waals surface area contributed by atoms with Gasteiger partial charge < -0.3 is 4.43 Å². The number of carbonyl (C=O) groups excluding carboxylic acids is 1. The van der Waals surface area contributed by atoms with Crippen LogP contribution in [0.2, 0.25) is 18.1 Å². The summed E-state index contributed by atoms with van der Waals surface area (Å²) in [6.45, 7) is 9.04. The van der Waals surface area contributed by atoms with Crippen LogP contribution in [0.4, 0.5) is 0 Å². The number of carbonyl (C=O) groups is 1. The zero-order valence-electron chi connectivity index (χ0n) is 10.8. The second-order valence-corrected chi connectivity index (χ2v) is 8.95. The van der Waals surface area contributed by atoms with Gasteiger partial charge in [0.15, 0.2) is 14.1 Å². The molecule has 0 spiro atoms. The van der Waals surface area contributed by atoms with Gasteiger partial charge in [-0.15, -0.1) is 0 Å². The van der Waals surface area contributed by atoms with Crippen LogP contribution in [0.15, 0.2) is 0 Å². The molecular formula is C12H26O2Si. The van der Waals surface area contributed by atoms with Crippen LogP contribution < -0.4 is 0 Å². The highest BCUT2D eigenvalue weighted by Gasteiger charge is 2.29. The van der Waals surface area contributed by atoms with Crippen LogP contribution in [-0.2, 0) is 9.22 Å². The van der Waals surface area contributed by atoms with E-state index in [0.29, 0.717) is 13.0 Å². The molecule has 0 aromatic carbocycles. The van der Waals surface area contributed by atoms with Crippen molar-refractivity contribution in [3.8, 4) is 0 Å². The van der Waals surface area contributed by atoms with Crippen molar-refractivity contribution in [3.63, 3.8) is 0 Å².